The maximum absolute atomic E-state index is 12.7. The Kier molecular flexibility index (Phi) is 3.73. The Morgan fingerprint density at radius 2 is 1.81 bits per heavy atom. The first-order chi connectivity index (χ1) is 13.0. The summed E-state index contributed by atoms with van der Waals surface area (Å²) in [6, 6.07) is 7.73. The van der Waals surface area contributed by atoms with Gasteiger partial charge >= 0.3 is 0 Å². The molecule has 27 heavy (non-hydrogen) atoms. The Hall–Kier alpha value is -2.14. The van der Waals surface area contributed by atoms with Gasteiger partial charge in [-0.2, -0.15) is 0 Å². The number of amides is 3. The minimum absolute atomic E-state index is 0.0703. The lowest BCUT2D eigenvalue weighted by Gasteiger charge is -2.20. The van der Waals surface area contributed by atoms with Crippen LogP contribution in [0.1, 0.15) is 24.8 Å². The predicted molar refractivity (Wildman–Crippen MR) is 99.8 cm³/mol. The van der Waals surface area contributed by atoms with Crippen LogP contribution in [0.15, 0.2) is 36.4 Å². The Morgan fingerprint density at radius 1 is 1.15 bits per heavy atom. The van der Waals surface area contributed by atoms with E-state index >= 15 is 0 Å². The number of carbonyl (C=O) groups excluding carboxylic acids is 3. The number of rotatable bonds is 5. The number of fused-ring (bicyclic) bond motifs is 5. The molecule has 1 heterocycles. The second-order valence-corrected chi connectivity index (χ2v) is 8.77. The van der Waals surface area contributed by atoms with Crippen molar-refractivity contribution in [2.24, 2.45) is 23.7 Å². The fraction of sp³-hybridized carbons (Fsp3) is 0.476. The molecule has 1 aromatic rings. The number of imide groups is 1. The quantitative estimate of drug-likeness (QED) is 0.625. The molecule has 3 fully saturated rings. The van der Waals surface area contributed by atoms with E-state index in [4.69, 9.17) is 11.6 Å². The number of benzene rings is 1. The Labute approximate surface area is 162 Å². The van der Waals surface area contributed by atoms with E-state index in [9.17, 15) is 14.4 Å². The molecule has 4 aliphatic rings. The second kappa shape index (κ2) is 5.93. The maximum Gasteiger partial charge on any atom is 0.240 e. The molecule has 0 spiro atoms. The monoisotopic (exact) mass is 384 g/mol. The van der Waals surface area contributed by atoms with Crippen LogP contribution >= 0.6 is 11.6 Å². The number of nitrogens with one attached hydrogen (secondary N) is 1. The van der Waals surface area contributed by atoms with Crippen molar-refractivity contribution >= 4 is 29.3 Å². The molecule has 3 amide bonds. The average Bonchev–Trinajstić information content (AvgIpc) is 3.06. The topological polar surface area (TPSA) is 66.5 Å². The van der Waals surface area contributed by atoms with E-state index in [0.29, 0.717) is 11.6 Å². The third-order valence-electron chi connectivity index (χ3n) is 6.78. The van der Waals surface area contributed by atoms with Gasteiger partial charge in [0.15, 0.2) is 0 Å². The van der Waals surface area contributed by atoms with Gasteiger partial charge < -0.3 is 5.32 Å². The molecule has 5 rings (SSSR count). The molecule has 1 aliphatic heterocycles. The van der Waals surface area contributed by atoms with Crippen LogP contribution in [0.5, 0.6) is 0 Å². The molecule has 1 aromatic carbocycles. The zero-order valence-electron chi connectivity index (χ0n) is 14.9. The molecule has 0 radical (unpaired) electrons. The SMILES string of the molecule is O=C(CN1C(=O)C2C3C=CC(C3)C2C1=O)NCC1(c2cccc(Cl)c2)CC1. The Bertz CT molecular complexity index is 846. The summed E-state index contributed by atoms with van der Waals surface area (Å²) < 4.78 is 0. The number of nitrogens with zero attached hydrogens (tertiary/aromatic N) is 1. The van der Waals surface area contributed by atoms with Crippen LogP contribution < -0.4 is 5.32 Å². The molecular weight excluding hydrogens is 364 g/mol. The lowest BCUT2D eigenvalue weighted by atomic mass is 9.85. The molecule has 4 unspecified atom stereocenters. The van der Waals surface area contributed by atoms with E-state index < -0.39 is 0 Å². The van der Waals surface area contributed by atoms with Gasteiger partial charge in [0, 0.05) is 17.0 Å². The fourth-order valence-electron chi connectivity index (χ4n) is 5.12. The number of hydrogen-bond donors (Lipinski definition) is 1. The molecule has 140 valence electrons. The van der Waals surface area contributed by atoms with Crippen molar-refractivity contribution in [1.82, 2.24) is 10.2 Å². The average molecular weight is 385 g/mol. The highest BCUT2D eigenvalue weighted by Gasteiger charge is 2.59. The van der Waals surface area contributed by atoms with Gasteiger partial charge in [-0.05, 0) is 48.8 Å². The van der Waals surface area contributed by atoms with Crippen molar-refractivity contribution in [1.29, 1.82) is 0 Å². The van der Waals surface area contributed by atoms with Crippen molar-refractivity contribution in [3.63, 3.8) is 0 Å². The normalized spacial score (nSPS) is 32.1. The highest BCUT2D eigenvalue weighted by Crippen LogP contribution is 2.52. The number of likely N-dealkylation sites (tertiary alicyclic amines) is 1. The summed E-state index contributed by atoms with van der Waals surface area (Å²) in [5.74, 6) is -0.779. The number of hydrogen-bond acceptors (Lipinski definition) is 3. The largest absolute Gasteiger partial charge is 0.354 e. The Balaban J connectivity index is 1.22. The highest BCUT2D eigenvalue weighted by molar-refractivity contribution is 6.30. The summed E-state index contributed by atoms with van der Waals surface area (Å²) in [6.45, 7) is 0.331. The summed E-state index contributed by atoms with van der Waals surface area (Å²) in [7, 11) is 0. The van der Waals surface area contributed by atoms with Crippen molar-refractivity contribution in [3.05, 3.63) is 47.0 Å². The van der Waals surface area contributed by atoms with E-state index in [2.05, 4.69) is 17.5 Å². The van der Waals surface area contributed by atoms with Gasteiger partial charge in [-0.15, -0.1) is 0 Å². The first-order valence-electron chi connectivity index (χ1n) is 9.55. The van der Waals surface area contributed by atoms with Crippen LogP contribution in [0.2, 0.25) is 5.02 Å². The van der Waals surface area contributed by atoms with Gasteiger partial charge in [-0.1, -0.05) is 35.9 Å². The summed E-state index contributed by atoms with van der Waals surface area (Å²) >= 11 is 6.09. The molecule has 1 saturated heterocycles. The van der Waals surface area contributed by atoms with Crippen LogP contribution in [0, 0.1) is 23.7 Å². The molecule has 2 saturated carbocycles. The number of halogens is 1. The molecule has 4 atom stereocenters. The zero-order valence-corrected chi connectivity index (χ0v) is 15.6. The number of carbonyl (C=O) groups is 3. The first-order valence-corrected chi connectivity index (χ1v) is 9.93. The standard InChI is InChI=1S/C21H21ClN2O3/c22-15-3-1-2-14(9-15)21(6-7-21)11-23-16(25)10-24-19(26)17-12-4-5-13(8-12)18(17)20(24)27/h1-5,9,12-13,17-18H,6-8,10-11H2,(H,23,25). The van der Waals surface area contributed by atoms with Crippen molar-refractivity contribution < 1.29 is 14.4 Å². The minimum atomic E-state index is -0.273. The minimum Gasteiger partial charge on any atom is -0.354 e. The summed E-state index contributed by atoms with van der Waals surface area (Å²) in [5, 5.41) is 3.62. The molecule has 0 aromatic heterocycles. The van der Waals surface area contributed by atoms with Crippen molar-refractivity contribution in [3.8, 4) is 0 Å². The number of allylic oxidation sites excluding steroid dienone is 2. The third kappa shape index (κ3) is 2.63. The van der Waals surface area contributed by atoms with Gasteiger partial charge in [0.25, 0.3) is 0 Å². The molecule has 1 N–H and O–H groups in total. The maximum atomic E-state index is 12.7. The molecule has 3 aliphatic carbocycles. The highest BCUT2D eigenvalue weighted by atomic mass is 35.5. The third-order valence-corrected chi connectivity index (χ3v) is 7.01. The van der Waals surface area contributed by atoms with E-state index in [0.717, 1.165) is 24.8 Å². The van der Waals surface area contributed by atoms with Gasteiger partial charge in [-0.25, -0.2) is 0 Å². The van der Waals surface area contributed by atoms with E-state index in [-0.39, 0.29) is 53.4 Å². The molecule has 5 nitrogen and oxygen atoms in total. The fourth-order valence-corrected chi connectivity index (χ4v) is 5.31. The summed E-state index contributed by atoms with van der Waals surface area (Å²) in [6.07, 6.45) is 7.00. The van der Waals surface area contributed by atoms with Crippen LogP contribution in [0.25, 0.3) is 0 Å². The Morgan fingerprint density at radius 3 is 2.41 bits per heavy atom. The van der Waals surface area contributed by atoms with Gasteiger partial charge in [-0.3, -0.25) is 19.3 Å². The van der Waals surface area contributed by atoms with E-state index in [1.54, 1.807) is 0 Å². The lowest BCUT2D eigenvalue weighted by molar-refractivity contribution is -0.144. The van der Waals surface area contributed by atoms with Gasteiger partial charge in [0.05, 0.1) is 11.8 Å². The molecule has 6 heteroatoms. The van der Waals surface area contributed by atoms with Crippen LogP contribution in [-0.2, 0) is 19.8 Å². The first kappa shape index (κ1) is 17.0. The lowest BCUT2D eigenvalue weighted by Crippen LogP contribution is -2.43. The molecule has 2 bridgehead atoms. The van der Waals surface area contributed by atoms with E-state index in [1.807, 2.05) is 24.3 Å². The summed E-state index contributed by atoms with van der Waals surface area (Å²) in [5.41, 5.74) is 1.06. The van der Waals surface area contributed by atoms with Crippen LogP contribution in [0.3, 0.4) is 0 Å². The zero-order chi connectivity index (χ0) is 18.8. The van der Waals surface area contributed by atoms with Crippen LogP contribution in [0.4, 0.5) is 0 Å². The predicted octanol–water partition coefficient (Wildman–Crippen LogP) is 2.29. The molecular formula is C21H21ClN2O3. The van der Waals surface area contributed by atoms with Crippen molar-refractivity contribution in [2.45, 2.75) is 24.7 Å². The smallest absolute Gasteiger partial charge is 0.240 e. The van der Waals surface area contributed by atoms with E-state index in [1.165, 1.54) is 4.90 Å². The second-order valence-electron chi connectivity index (χ2n) is 8.33. The van der Waals surface area contributed by atoms with Crippen molar-refractivity contribution in [2.75, 3.05) is 13.1 Å². The van der Waals surface area contributed by atoms with Crippen LogP contribution in [-0.4, -0.2) is 35.7 Å². The van der Waals surface area contributed by atoms with Gasteiger partial charge in [0.1, 0.15) is 6.54 Å². The summed E-state index contributed by atoms with van der Waals surface area (Å²) in [4.78, 5) is 39.0. The van der Waals surface area contributed by atoms with Gasteiger partial charge in [0.2, 0.25) is 17.7 Å².